The van der Waals surface area contributed by atoms with Gasteiger partial charge in [0.15, 0.2) is 0 Å². The number of rotatable bonds is 11. The average Bonchev–Trinajstić information content (AvgIpc) is 2.92. The summed E-state index contributed by atoms with van der Waals surface area (Å²) < 4.78 is 39.1. The Bertz CT molecular complexity index is 1140. The molecule has 0 amide bonds. The van der Waals surface area contributed by atoms with Gasteiger partial charge in [0.25, 0.3) is 0 Å². The molecule has 1 aliphatic heterocycles. The first-order valence-electron chi connectivity index (χ1n) is 13.4. The summed E-state index contributed by atoms with van der Waals surface area (Å²) in [7, 11) is -3.25. The Morgan fingerprint density at radius 1 is 1.05 bits per heavy atom. The molecular formula is C28H38ClNO7S. The van der Waals surface area contributed by atoms with E-state index in [1.165, 1.54) is 0 Å². The van der Waals surface area contributed by atoms with Crippen LogP contribution < -0.4 is 9.46 Å². The Morgan fingerprint density at radius 3 is 2.50 bits per heavy atom. The third-order valence-electron chi connectivity index (χ3n) is 7.35. The first kappa shape index (κ1) is 29.3. The molecule has 1 saturated heterocycles. The van der Waals surface area contributed by atoms with Crippen molar-refractivity contribution in [2.24, 2.45) is 0 Å². The quantitative estimate of drug-likeness (QED) is 0.306. The summed E-state index contributed by atoms with van der Waals surface area (Å²) >= 11 is 6.45. The second-order valence-electron chi connectivity index (χ2n) is 10.2. The van der Waals surface area contributed by atoms with Crippen LogP contribution in [0.1, 0.15) is 67.7 Å². The third kappa shape index (κ3) is 7.69. The fourth-order valence-electron chi connectivity index (χ4n) is 5.15. The molecule has 38 heavy (non-hydrogen) atoms. The number of hydrogen-bond donors (Lipinski definition) is 4. The van der Waals surface area contributed by atoms with E-state index in [2.05, 4.69) is 4.72 Å². The zero-order valence-corrected chi connectivity index (χ0v) is 23.0. The molecule has 10 heteroatoms. The molecule has 1 saturated carbocycles. The molecule has 2 aromatic rings. The van der Waals surface area contributed by atoms with E-state index in [-0.39, 0.29) is 18.3 Å². The monoisotopic (exact) mass is 567 g/mol. The third-order valence-corrected chi connectivity index (χ3v) is 9.68. The molecule has 210 valence electrons. The van der Waals surface area contributed by atoms with Crippen LogP contribution in [0.5, 0.6) is 5.75 Å². The zero-order chi connectivity index (χ0) is 27.1. The average molecular weight is 568 g/mol. The lowest BCUT2D eigenvalue weighted by Crippen LogP contribution is -2.44. The molecule has 0 spiro atoms. The maximum atomic E-state index is 12.4. The summed E-state index contributed by atoms with van der Waals surface area (Å²) in [5.41, 5.74) is 2.54. The fraction of sp³-hybridized carbons (Fsp3) is 0.571. The lowest BCUT2D eigenvalue weighted by molar-refractivity contribution is -0.179. The number of aliphatic hydroxyl groups excluding tert-OH is 3. The fourth-order valence-corrected chi connectivity index (χ4v) is 6.95. The molecule has 1 aliphatic carbocycles. The van der Waals surface area contributed by atoms with Crippen molar-refractivity contribution in [1.29, 1.82) is 0 Å². The van der Waals surface area contributed by atoms with Gasteiger partial charge in [0.1, 0.15) is 18.0 Å². The highest BCUT2D eigenvalue weighted by Gasteiger charge is 2.37. The highest BCUT2D eigenvalue weighted by Crippen LogP contribution is 2.34. The zero-order valence-electron chi connectivity index (χ0n) is 21.5. The van der Waals surface area contributed by atoms with E-state index < -0.39 is 34.4 Å². The summed E-state index contributed by atoms with van der Waals surface area (Å²) in [6, 6.07) is 13.0. The second kappa shape index (κ2) is 13.6. The van der Waals surface area contributed by atoms with E-state index in [0.29, 0.717) is 42.3 Å². The van der Waals surface area contributed by atoms with Gasteiger partial charge in [-0.3, -0.25) is 0 Å². The normalized spacial score (nSPS) is 24.8. The Morgan fingerprint density at radius 2 is 1.79 bits per heavy atom. The van der Waals surface area contributed by atoms with E-state index >= 15 is 0 Å². The topological polar surface area (TPSA) is 125 Å². The molecule has 4 unspecified atom stereocenters. The molecule has 4 N–H and O–H groups in total. The molecule has 1 heterocycles. The number of aliphatic hydroxyl groups is 3. The molecule has 2 fully saturated rings. The first-order chi connectivity index (χ1) is 18.3. The highest BCUT2D eigenvalue weighted by molar-refractivity contribution is 7.90. The summed E-state index contributed by atoms with van der Waals surface area (Å²) in [6.45, 7) is 0.539. The Hall–Kier alpha value is -1.72. The Kier molecular flexibility index (Phi) is 10.4. The summed E-state index contributed by atoms with van der Waals surface area (Å²) in [5, 5.41) is 30.4. The maximum Gasteiger partial charge on any atom is 0.214 e. The maximum absolute atomic E-state index is 12.4. The minimum Gasteiger partial charge on any atom is -0.494 e. The van der Waals surface area contributed by atoms with Crippen molar-refractivity contribution in [1.82, 2.24) is 4.72 Å². The number of halogens is 1. The Balaban J connectivity index is 1.28. The number of nitrogens with one attached hydrogen (secondary N) is 1. The van der Waals surface area contributed by atoms with Crippen molar-refractivity contribution in [2.75, 3.05) is 19.8 Å². The van der Waals surface area contributed by atoms with Crippen LogP contribution in [0.4, 0.5) is 0 Å². The molecule has 2 aliphatic rings. The summed E-state index contributed by atoms with van der Waals surface area (Å²) in [4.78, 5) is 0. The van der Waals surface area contributed by atoms with E-state index in [9.17, 15) is 23.7 Å². The van der Waals surface area contributed by atoms with Gasteiger partial charge in [-0.25, -0.2) is 13.1 Å². The van der Waals surface area contributed by atoms with Crippen LogP contribution in [0.2, 0.25) is 5.02 Å². The van der Waals surface area contributed by atoms with Crippen LogP contribution in [-0.2, 0) is 21.2 Å². The molecular weight excluding hydrogens is 530 g/mol. The second-order valence-corrected chi connectivity index (χ2v) is 12.7. The molecule has 0 bridgehead atoms. The van der Waals surface area contributed by atoms with Gasteiger partial charge in [-0.2, -0.15) is 0 Å². The van der Waals surface area contributed by atoms with Crippen LogP contribution in [0, 0.1) is 0 Å². The standard InChI is InChI=1S/C28H38ClNO7S/c29-25-12-9-20(28-27(33)26(32)17-23(18-31)37-28)16-21(25)15-19-7-10-22(11-8-19)36-14-4-13-30-38(34,35)24-5-2-1-3-6-24/h7-12,16,23-24,26-28,30-33H,1-6,13-15,17-18H2. The molecule has 4 atom stereocenters. The predicted molar refractivity (Wildman–Crippen MR) is 146 cm³/mol. The molecule has 2 aromatic carbocycles. The van der Waals surface area contributed by atoms with Gasteiger partial charge >= 0.3 is 0 Å². The van der Waals surface area contributed by atoms with Crippen molar-refractivity contribution in [3.63, 3.8) is 0 Å². The van der Waals surface area contributed by atoms with E-state index in [0.717, 1.165) is 43.2 Å². The van der Waals surface area contributed by atoms with Gasteiger partial charge in [-0.05, 0) is 60.6 Å². The van der Waals surface area contributed by atoms with E-state index in [1.54, 1.807) is 12.1 Å². The van der Waals surface area contributed by atoms with Crippen molar-refractivity contribution in [3.05, 3.63) is 64.2 Å². The van der Waals surface area contributed by atoms with E-state index in [4.69, 9.17) is 21.1 Å². The van der Waals surface area contributed by atoms with Crippen molar-refractivity contribution in [3.8, 4) is 5.75 Å². The lowest BCUT2D eigenvalue weighted by atomic mass is 9.91. The van der Waals surface area contributed by atoms with E-state index in [1.807, 2.05) is 30.3 Å². The van der Waals surface area contributed by atoms with Gasteiger partial charge in [-0.15, -0.1) is 0 Å². The highest BCUT2D eigenvalue weighted by atomic mass is 35.5. The number of sulfonamides is 1. The van der Waals surface area contributed by atoms with Gasteiger partial charge < -0.3 is 24.8 Å². The Labute approximate surface area is 230 Å². The smallest absolute Gasteiger partial charge is 0.214 e. The number of ether oxygens (including phenoxy) is 2. The minimum atomic E-state index is -3.25. The van der Waals surface area contributed by atoms with Crippen molar-refractivity contribution < 1.29 is 33.2 Å². The van der Waals surface area contributed by atoms with Gasteiger partial charge in [0.05, 0.1) is 30.7 Å². The number of benzene rings is 2. The van der Waals surface area contributed by atoms with Crippen LogP contribution >= 0.6 is 11.6 Å². The summed E-state index contributed by atoms with van der Waals surface area (Å²) in [5.74, 6) is 0.700. The van der Waals surface area contributed by atoms with Gasteiger partial charge in [-0.1, -0.05) is 55.1 Å². The lowest BCUT2D eigenvalue weighted by Gasteiger charge is -2.37. The molecule has 0 radical (unpaired) electrons. The predicted octanol–water partition coefficient (Wildman–Crippen LogP) is 3.50. The molecule has 0 aromatic heterocycles. The SMILES string of the molecule is O=S(=O)(NCCCOc1ccc(Cc2cc(C3OC(CO)CC(O)C3O)ccc2Cl)cc1)C1CCCCC1. The molecule has 8 nitrogen and oxygen atoms in total. The molecule has 4 rings (SSSR count). The van der Waals surface area contributed by atoms with Crippen LogP contribution in [-0.4, -0.2) is 67.1 Å². The van der Waals surface area contributed by atoms with Gasteiger partial charge in [0, 0.05) is 18.0 Å². The number of hydrogen-bond acceptors (Lipinski definition) is 7. The van der Waals surface area contributed by atoms with Gasteiger partial charge in [0.2, 0.25) is 10.0 Å². The minimum absolute atomic E-state index is 0.180. The van der Waals surface area contributed by atoms with Crippen LogP contribution in [0.25, 0.3) is 0 Å². The van der Waals surface area contributed by atoms with Crippen LogP contribution in [0.3, 0.4) is 0 Å². The summed E-state index contributed by atoms with van der Waals surface area (Å²) in [6.07, 6.45) is 2.52. The van der Waals surface area contributed by atoms with Crippen molar-refractivity contribution >= 4 is 21.6 Å². The van der Waals surface area contributed by atoms with Crippen molar-refractivity contribution in [2.45, 2.75) is 81.0 Å². The first-order valence-corrected chi connectivity index (χ1v) is 15.3. The van der Waals surface area contributed by atoms with Crippen LogP contribution in [0.15, 0.2) is 42.5 Å². The largest absolute Gasteiger partial charge is 0.494 e.